The van der Waals surface area contributed by atoms with Crippen LogP contribution < -0.4 is 5.32 Å². The van der Waals surface area contributed by atoms with E-state index in [-0.39, 0.29) is 5.91 Å². The van der Waals surface area contributed by atoms with Gasteiger partial charge in [-0.25, -0.2) is 4.98 Å². The van der Waals surface area contributed by atoms with Gasteiger partial charge in [-0.3, -0.25) is 4.79 Å². The predicted octanol–water partition coefficient (Wildman–Crippen LogP) is 2.21. The lowest BCUT2D eigenvalue weighted by atomic mass is 10.3. The SMILES string of the molecule is Cc1cnc2c(c1)NC(=O)CC(C)S2. The van der Waals surface area contributed by atoms with E-state index in [9.17, 15) is 4.79 Å². The Labute approximate surface area is 87.3 Å². The molecule has 1 aromatic rings. The van der Waals surface area contributed by atoms with Crippen LogP contribution >= 0.6 is 11.8 Å². The van der Waals surface area contributed by atoms with E-state index in [4.69, 9.17) is 0 Å². The summed E-state index contributed by atoms with van der Waals surface area (Å²) in [4.78, 5) is 15.7. The van der Waals surface area contributed by atoms with Crippen molar-refractivity contribution >= 4 is 23.4 Å². The number of pyridine rings is 1. The summed E-state index contributed by atoms with van der Waals surface area (Å²) >= 11 is 1.65. The molecule has 0 aromatic carbocycles. The van der Waals surface area contributed by atoms with E-state index < -0.39 is 0 Å². The largest absolute Gasteiger partial charge is 0.324 e. The number of carbonyl (C=O) groups excluding carboxylic acids is 1. The van der Waals surface area contributed by atoms with Gasteiger partial charge >= 0.3 is 0 Å². The fourth-order valence-corrected chi connectivity index (χ4v) is 2.40. The van der Waals surface area contributed by atoms with Crippen LogP contribution in [0.3, 0.4) is 0 Å². The number of aromatic nitrogens is 1. The molecule has 14 heavy (non-hydrogen) atoms. The molecule has 2 heterocycles. The molecule has 0 aliphatic carbocycles. The number of hydrogen-bond acceptors (Lipinski definition) is 3. The Hall–Kier alpha value is -1.03. The van der Waals surface area contributed by atoms with Crippen molar-refractivity contribution in [1.82, 2.24) is 4.98 Å². The Bertz CT molecular complexity index is 378. The molecule has 0 saturated heterocycles. The maximum Gasteiger partial charge on any atom is 0.225 e. The average Bonchev–Trinajstić information content (AvgIpc) is 2.21. The van der Waals surface area contributed by atoms with Crippen molar-refractivity contribution in [3.63, 3.8) is 0 Å². The zero-order valence-electron chi connectivity index (χ0n) is 8.20. The summed E-state index contributed by atoms with van der Waals surface area (Å²) in [5, 5.41) is 4.09. The van der Waals surface area contributed by atoms with Crippen molar-refractivity contribution in [2.75, 3.05) is 5.32 Å². The summed E-state index contributed by atoms with van der Waals surface area (Å²) in [5.74, 6) is 0.0798. The molecule has 1 N–H and O–H groups in total. The second kappa shape index (κ2) is 3.61. The third kappa shape index (κ3) is 1.90. The number of carbonyl (C=O) groups is 1. The van der Waals surface area contributed by atoms with E-state index in [1.54, 1.807) is 11.8 Å². The zero-order valence-corrected chi connectivity index (χ0v) is 9.02. The smallest absolute Gasteiger partial charge is 0.225 e. The minimum atomic E-state index is 0.0798. The summed E-state index contributed by atoms with van der Waals surface area (Å²) in [5.41, 5.74) is 1.92. The topological polar surface area (TPSA) is 42.0 Å². The standard InChI is InChI=1S/C10H12N2OS/c1-6-3-8-10(11-5-6)14-7(2)4-9(13)12-8/h3,5,7H,4H2,1-2H3,(H,12,13). The maximum absolute atomic E-state index is 11.4. The first-order valence-corrected chi connectivity index (χ1v) is 5.46. The first-order chi connectivity index (χ1) is 6.65. The second-order valence-corrected chi connectivity index (χ2v) is 4.97. The molecule has 1 aliphatic rings. The van der Waals surface area contributed by atoms with Crippen LogP contribution in [0.15, 0.2) is 17.3 Å². The normalized spacial score (nSPS) is 21.0. The minimum Gasteiger partial charge on any atom is -0.324 e. The van der Waals surface area contributed by atoms with Crippen LogP contribution in [-0.4, -0.2) is 16.1 Å². The van der Waals surface area contributed by atoms with E-state index in [2.05, 4.69) is 10.3 Å². The van der Waals surface area contributed by atoms with Gasteiger partial charge in [0.25, 0.3) is 0 Å². The van der Waals surface area contributed by atoms with Crippen molar-refractivity contribution in [2.45, 2.75) is 30.5 Å². The molecular weight excluding hydrogens is 196 g/mol. The molecule has 1 aliphatic heterocycles. The summed E-state index contributed by atoms with van der Waals surface area (Å²) in [6.07, 6.45) is 2.39. The Morgan fingerprint density at radius 2 is 2.43 bits per heavy atom. The highest BCUT2D eigenvalue weighted by molar-refractivity contribution is 8.00. The quantitative estimate of drug-likeness (QED) is 0.710. The van der Waals surface area contributed by atoms with Gasteiger partial charge in [0.2, 0.25) is 5.91 Å². The number of aryl methyl sites for hydroxylation is 1. The first-order valence-electron chi connectivity index (χ1n) is 4.58. The molecule has 1 aromatic heterocycles. The van der Waals surface area contributed by atoms with Gasteiger partial charge in [-0.1, -0.05) is 6.92 Å². The van der Waals surface area contributed by atoms with E-state index in [1.807, 2.05) is 26.1 Å². The maximum atomic E-state index is 11.4. The first kappa shape index (κ1) is 9.52. The molecule has 0 saturated carbocycles. The highest BCUT2D eigenvalue weighted by Crippen LogP contribution is 2.33. The minimum absolute atomic E-state index is 0.0798. The van der Waals surface area contributed by atoms with Gasteiger partial charge in [-0.2, -0.15) is 0 Å². The molecule has 74 valence electrons. The van der Waals surface area contributed by atoms with Gasteiger partial charge in [-0.05, 0) is 18.6 Å². The van der Waals surface area contributed by atoms with Gasteiger partial charge in [0, 0.05) is 17.9 Å². The van der Waals surface area contributed by atoms with Gasteiger partial charge in [-0.15, -0.1) is 11.8 Å². The second-order valence-electron chi connectivity index (χ2n) is 3.55. The van der Waals surface area contributed by atoms with Crippen LogP contribution in [0.1, 0.15) is 18.9 Å². The molecule has 0 fully saturated rings. The van der Waals surface area contributed by atoms with Gasteiger partial charge in [0.05, 0.1) is 5.69 Å². The molecule has 0 spiro atoms. The van der Waals surface area contributed by atoms with Gasteiger partial charge in [0.1, 0.15) is 5.03 Å². The molecule has 0 bridgehead atoms. The fraction of sp³-hybridized carbons (Fsp3) is 0.400. The molecule has 0 radical (unpaired) electrons. The summed E-state index contributed by atoms with van der Waals surface area (Å²) in [7, 11) is 0. The third-order valence-electron chi connectivity index (χ3n) is 2.05. The van der Waals surface area contributed by atoms with Crippen molar-refractivity contribution < 1.29 is 4.79 Å². The number of rotatable bonds is 0. The number of thioether (sulfide) groups is 1. The monoisotopic (exact) mass is 208 g/mol. The Morgan fingerprint density at radius 3 is 3.21 bits per heavy atom. The van der Waals surface area contributed by atoms with E-state index in [0.717, 1.165) is 16.3 Å². The fourth-order valence-electron chi connectivity index (χ4n) is 1.43. The molecule has 4 heteroatoms. The number of hydrogen-bond donors (Lipinski definition) is 1. The van der Waals surface area contributed by atoms with E-state index >= 15 is 0 Å². The lowest BCUT2D eigenvalue weighted by molar-refractivity contribution is -0.116. The van der Waals surface area contributed by atoms with Crippen molar-refractivity contribution in [3.05, 3.63) is 17.8 Å². The van der Waals surface area contributed by atoms with Crippen molar-refractivity contribution in [2.24, 2.45) is 0 Å². The molecular formula is C10H12N2OS. The molecule has 1 amide bonds. The Morgan fingerprint density at radius 1 is 1.64 bits per heavy atom. The summed E-state index contributed by atoms with van der Waals surface area (Å²) < 4.78 is 0. The molecule has 3 nitrogen and oxygen atoms in total. The van der Waals surface area contributed by atoms with E-state index in [1.165, 1.54) is 0 Å². The number of nitrogens with one attached hydrogen (secondary N) is 1. The average molecular weight is 208 g/mol. The molecule has 2 rings (SSSR count). The summed E-state index contributed by atoms with van der Waals surface area (Å²) in [6.45, 7) is 4.01. The Balaban J connectivity index is 2.41. The van der Waals surface area contributed by atoms with Crippen LogP contribution in [0.4, 0.5) is 5.69 Å². The van der Waals surface area contributed by atoms with Crippen molar-refractivity contribution in [3.8, 4) is 0 Å². The van der Waals surface area contributed by atoms with Crippen LogP contribution in [0, 0.1) is 6.92 Å². The van der Waals surface area contributed by atoms with Crippen LogP contribution in [-0.2, 0) is 4.79 Å². The lowest BCUT2D eigenvalue weighted by Crippen LogP contribution is -2.13. The predicted molar refractivity (Wildman–Crippen MR) is 57.5 cm³/mol. The number of anilines is 1. The highest BCUT2D eigenvalue weighted by atomic mass is 32.2. The van der Waals surface area contributed by atoms with E-state index in [0.29, 0.717) is 11.7 Å². The molecule has 1 atom stereocenters. The van der Waals surface area contributed by atoms with Crippen molar-refractivity contribution in [1.29, 1.82) is 0 Å². The summed E-state index contributed by atoms with van der Waals surface area (Å²) in [6, 6.07) is 1.96. The van der Waals surface area contributed by atoms with Crippen LogP contribution in [0.5, 0.6) is 0 Å². The Kier molecular flexibility index (Phi) is 2.46. The number of nitrogens with zero attached hydrogens (tertiary/aromatic N) is 1. The van der Waals surface area contributed by atoms with Gasteiger partial charge in [0.15, 0.2) is 0 Å². The number of amides is 1. The third-order valence-corrected chi connectivity index (χ3v) is 3.17. The van der Waals surface area contributed by atoms with Gasteiger partial charge < -0.3 is 5.32 Å². The lowest BCUT2D eigenvalue weighted by Gasteiger charge is -2.06. The van der Waals surface area contributed by atoms with Crippen LogP contribution in [0.2, 0.25) is 0 Å². The molecule has 1 unspecified atom stereocenters. The highest BCUT2D eigenvalue weighted by Gasteiger charge is 2.19. The van der Waals surface area contributed by atoms with Crippen LogP contribution in [0.25, 0.3) is 0 Å². The number of fused-ring (bicyclic) bond motifs is 1. The zero-order chi connectivity index (χ0) is 10.1.